The van der Waals surface area contributed by atoms with E-state index in [4.69, 9.17) is 36.9 Å². The molecule has 0 aliphatic heterocycles. The fourth-order valence-electron chi connectivity index (χ4n) is 2.81. The Bertz CT molecular complexity index is 1230. The van der Waals surface area contributed by atoms with E-state index < -0.39 is 18.4 Å². The standard InChI is InChI=1S/C20H12Cl2N2O5/c1-10-18-13(8-15(17-3-2-6-27-17)23-19(18)29-24-10)20(26)28-9-16(25)12-5-4-11(21)7-14(12)22/h2-8H,9H2,1H3. The van der Waals surface area contributed by atoms with Gasteiger partial charge in [0.2, 0.25) is 5.78 Å². The number of pyridine rings is 1. The lowest BCUT2D eigenvalue weighted by Gasteiger charge is -2.08. The summed E-state index contributed by atoms with van der Waals surface area (Å²) in [6.45, 7) is 1.18. The normalized spacial score (nSPS) is 11.0. The lowest BCUT2D eigenvalue weighted by molar-refractivity contribution is 0.0476. The summed E-state index contributed by atoms with van der Waals surface area (Å²) in [6.07, 6.45) is 1.49. The molecule has 0 aliphatic carbocycles. The van der Waals surface area contributed by atoms with Crippen molar-refractivity contribution >= 4 is 46.1 Å². The Balaban J connectivity index is 1.62. The Morgan fingerprint density at radius 2 is 1.97 bits per heavy atom. The highest BCUT2D eigenvalue weighted by molar-refractivity contribution is 6.36. The molecule has 0 saturated carbocycles. The molecule has 146 valence electrons. The van der Waals surface area contributed by atoms with Crippen LogP contribution < -0.4 is 0 Å². The first-order chi connectivity index (χ1) is 13.9. The SMILES string of the molecule is Cc1noc2nc(-c3ccco3)cc(C(=O)OCC(=O)c3ccc(Cl)cc3Cl)c12. The molecule has 0 atom stereocenters. The number of aryl methyl sites for hydroxylation is 1. The van der Waals surface area contributed by atoms with Gasteiger partial charge >= 0.3 is 5.97 Å². The zero-order chi connectivity index (χ0) is 20.5. The number of aromatic nitrogens is 2. The number of benzene rings is 1. The molecule has 3 aromatic heterocycles. The third-order valence-corrected chi connectivity index (χ3v) is 4.72. The van der Waals surface area contributed by atoms with Gasteiger partial charge < -0.3 is 13.7 Å². The number of ether oxygens (including phenoxy) is 1. The third-order valence-electron chi connectivity index (χ3n) is 4.18. The van der Waals surface area contributed by atoms with E-state index in [1.54, 1.807) is 19.1 Å². The fourth-order valence-corrected chi connectivity index (χ4v) is 3.32. The molecule has 0 bridgehead atoms. The molecule has 0 saturated heterocycles. The first-order valence-electron chi connectivity index (χ1n) is 8.40. The van der Waals surface area contributed by atoms with Crippen LogP contribution in [0.5, 0.6) is 0 Å². The number of rotatable bonds is 5. The number of carbonyl (C=O) groups is 2. The van der Waals surface area contributed by atoms with Crippen LogP contribution in [0, 0.1) is 6.92 Å². The summed E-state index contributed by atoms with van der Waals surface area (Å²) in [4.78, 5) is 29.4. The summed E-state index contributed by atoms with van der Waals surface area (Å²) in [5.41, 5.74) is 1.38. The molecule has 7 nitrogen and oxygen atoms in total. The summed E-state index contributed by atoms with van der Waals surface area (Å²) in [6, 6.07) is 9.35. The molecule has 4 aromatic rings. The van der Waals surface area contributed by atoms with Crippen LogP contribution in [0.15, 0.2) is 51.6 Å². The molecule has 0 radical (unpaired) electrons. The van der Waals surface area contributed by atoms with Gasteiger partial charge in [-0.1, -0.05) is 28.4 Å². The van der Waals surface area contributed by atoms with Crippen molar-refractivity contribution < 1.29 is 23.3 Å². The van der Waals surface area contributed by atoms with Crippen molar-refractivity contribution in [2.45, 2.75) is 6.92 Å². The van der Waals surface area contributed by atoms with Crippen LogP contribution >= 0.6 is 23.2 Å². The van der Waals surface area contributed by atoms with E-state index >= 15 is 0 Å². The second-order valence-electron chi connectivity index (χ2n) is 6.10. The van der Waals surface area contributed by atoms with Crippen molar-refractivity contribution in [2.24, 2.45) is 0 Å². The van der Waals surface area contributed by atoms with Gasteiger partial charge in [-0.25, -0.2) is 9.78 Å². The Morgan fingerprint density at radius 1 is 1.14 bits per heavy atom. The molecular formula is C20H12Cl2N2O5. The fraction of sp³-hybridized carbons (Fsp3) is 0.100. The van der Waals surface area contributed by atoms with Crippen LogP contribution in [0.3, 0.4) is 0 Å². The maximum absolute atomic E-state index is 12.7. The van der Waals surface area contributed by atoms with E-state index in [0.717, 1.165) is 0 Å². The first kappa shape index (κ1) is 19.2. The monoisotopic (exact) mass is 430 g/mol. The predicted molar refractivity (Wildman–Crippen MR) is 105 cm³/mol. The van der Waals surface area contributed by atoms with Crippen molar-refractivity contribution in [2.75, 3.05) is 6.61 Å². The van der Waals surface area contributed by atoms with Gasteiger partial charge in [0, 0.05) is 10.6 Å². The number of halogens is 2. The molecular weight excluding hydrogens is 419 g/mol. The molecule has 4 rings (SSSR count). The molecule has 0 unspecified atom stereocenters. The van der Waals surface area contributed by atoms with Gasteiger partial charge in [-0.2, -0.15) is 0 Å². The lowest BCUT2D eigenvalue weighted by atomic mass is 10.1. The van der Waals surface area contributed by atoms with Crippen molar-refractivity contribution in [3.63, 3.8) is 0 Å². The van der Waals surface area contributed by atoms with Gasteiger partial charge in [0.1, 0.15) is 5.69 Å². The minimum Gasteiger partial charge on any atom is -0.463 e. The van der Waals surface area contributed by atoms with Crippen molar-refractivity contribution in [1.29, 1.82) is 0 Å². The van der Waals surface area contributed by atoms with Crippen molar-refractivity contribution in [3.05, 3.63) is 69.5 Å². The number of esters is 1. The Hall–Kier alpha value is -3.16. The molecule has 29 heavy (non-hydrogen) atoms. The Kier molecular flexibility index (Phi) is 5.08. The van der Waals surface area contributed by atoms with E-state index in [-0.39, 0.29) is 21.9 Å². The molecule has 3 heterocycles. The summed E-state index contributed by atoms with van der Waals surface area (Å²) in [5, 5.41) is 4.84. The third kappa shape index (κ3) is 3.74. The lowest BCUT2D eigenvalue weighted by Crippen LogP contribution is -2.15. The molecule has 9 heteroatoms. The molecule has 0 spiro atoms. The van der Waals surface area contributed by atoms with E-state index in [2.05, 4.69) is 10.1 Å². The van der Waals surface area contributed by atoms with Crippen LogP contribution in [0.25, 0.3) is 22.6 Å². The minimum absolute atomic E-state index is 0.162. The Morgan fingerprint density at radius 3 is 2.69 bits per heavy atom. The van der Waals surface area contributed by atoms with Gasteiger partial charge in [0.05, 0.1) is 27.9 Å². The molecule has 0 aliphatic rings. The molecule has 0 N–H and O–H groups in total. The van der Waals surface area contributed by atoms with E-state index in [1.807, 2.05) is 0 Å². The molecule has 0 amide bonds. The highest BCUT2D eigenvalue weighted by atomic mass is 35.5. The quantitative estimate of drug-likeness (QED) is 0.319. The van der Waals surface area contributed by atoms with Gasteiger partial charge in [-0.15, -0.1) is 0 Å². The van der Waals surface area contributed by atoms with E-state index in [9.17, 15) is 9.59 Å². The van der Waals surface area contributed by atoms with Crippen LogP contribution in [0.2, 0.25) is 10.0 Å². The highest BCUT2D eigenvalue weighted by Gasteiger charge is 2.22. The second kappa shape index (κ2) is 7.69. The largest absolute Gasteiger partial charge is 0.463 e. The zero-order valence-corrected chi connectivity index (χ0v) is 16.5. The van der Waals surface area contributed by atoms with Crippen LogP contribution in [-0.2, 0) is 4.74 Å². The predicted octanol–water partition coefficient (Wildman–Crippen LogP) is 5.14. The average molecular weight is 431 g/mol. The zero-order valence-electron chi connectivity index (χ0n) is 14.9. The van der Waals surface area contributed by atoms with E-state index in [0.29, 0.717) is 27.6 Å². The topological polar surface area (TPSA) is 95.4 Å². The molecule has 1 aromatic carbocycles. The van der Waals surface area contributed by atoms with Crippen molar-refractivity contribution in [1.82, 2.24) is 10.1 Å². The number of Topliss-reactive ketones (excluding diaryl/α,β-unsaturated/α-hetero) is 1. The summed E-state index contributed by atoms with van der Waals surface area (Å²) < 4.78 is 15.8. The number of nitrogens with zero attached hydrogens (tertiary/aromatic N) is 2. The number of hydrogen-bond donors (Lipinski definition) is 0. The minimum atomic E-state index is -0.727. The number of furan rings is 1. The second-order valence-corrected chi connectivity index (χ2v) is 6.95. The van der Waals surface area contributed by atoms with Gasteiger partial charge in [0.15, 0.2) is 12.4 Å². The van der Waals surface area contributed by atoms with Crippen LogP contribution in [-0.4, -0.2) is 28.5 Å². The average Bonchev–Trinajstić information content (AvgIpc) is 3.35. The maximum Gasteiger partial charge on any atom is 0.339 e. The number of carbonyl (C=O) groups excluding carboxylic acids is 2. The van der Waals surface area contributed by atoms with Crippen LogP contribution in [0.4, 0.5) is 0 Å². The Labute approximate surface area is 174 Å². The van der Waals surface area contributed by atoms with Gasteiger partial charge in [-0.05, 0) is 43.3 Å². The smallest absolute Gasteiger partial charge is 0.339 e. The van der Waals surface area contributed by atoms with Crippen LogP contribution in [0.1, 0.15) is 26.4 Å². The summed E-state index contributed by atoms with van der Waals surface area (Å²) in [5.74, 6) is -0.743. The number of ketones is 1. The molecule has 0 fully saturated rings. The highest BCUT2D eigenvalue weighted by Crippen LogP contribution is 2.28. The van der Waals surface area contributed by atoms with E-state index in [1.165, 1.54) is 30.5 Å². The summed E-state index contributed by atoms with van der Waals surface area (Å²) in [7, 11) is 0. The van der Waals surface area contributed by atoms with Gasteiger partial charge in [0.25, 0.3) is 5.71 Å². The first-order valence-corrected chi connectivity index (χ1v) is 9.16. The van der Waals surface area contributed by atoms with Gasteiger partial charge in [-0.3, -0.25) is 4.79 Å². The summed E-state index contributed by atoms with van der Waals surface area (Å²) >= 11 is 11.9. The van der Waals surface area contributed by atoms with Crippen molar-refractivity contribution in [3.8, 4) is 11.5 Å². The number of fused-ring (bicyclic) bond motifs is 1. The maximum atomic E-state index is 12.7. The number of hydrogen-bond acceptors (Lipinski definition) is 7.